The number of anilines is 1. The maximum atomic E-state index is 12.3. The Morgan fingerprint density at radius 1 is 1.35 bits per heavy atom. The Morgan fingerprint density at radius 3 is 2.82 bits per heavy atom. The van der Waals surface area contributed by atoms with Gasteiger partial charge in [-0.2, -0.15) is 0 Å². The average molecular weight is 247 g/mol. The van der Waals surface area contributed by atoms with Gasteiger partial charge < -0.3 is 10.5 Å². The lowest BCUT2D eigenvalue weighted by atomic mass is 10.0. The number of ether oxygens (including phenoxy) is 1. The minimum absolute atomic E-state index is 0.0851. The van der Waals surface area contributed by atoms with Crippen LogP contribution in [0.1, 0.15) is 20.8 Å². The maximum absolute atomic E-state index is 12.3. The van der Waals surface area contributed by atoms with Crippen LogP contribution in [0.2, 0.25) is 0 Å². The Morgan fingerprint density at radius 2 is 2.12 bits per heavy atom. The van der Waals surface area contributed by atoms with Crippen molar-refractivity contribution in [2.24, 2.45) is 0 Å². The van der Waals surface area contributed by atoms with Crippen molar-refractivity contribution in [2.75, 3.05) is 12.8 Å². The van der Waals surface area contributed by atoms with E-state index in [4.69, 9.17) is 10.5 Å². The molecule has 2 rings (SSSR count). The van der Waals surface area contributed by atoms with Crippen molar-refractivity contribution < 1.29 is 9.53 Å². The van der Waals surface area contributed by atoms with Crippen LogP contribution < -0.4 is 10.5 Å². The van der Waals surface area contributed by atoms with Gasteiger partial charge >= 0.3 is 0 Å². The van der Waals surface area contributed by atoms with Crippen molar-refractivity contribution in [3.05, 3.63) is 45.6 Å². The fourth-order valence-corrected chi connectivity index (χ4v) is 2.43. The molecule has 4 heteroatoms. The number of methoxy groups -OCH3 is 1. The van der Waals surface area contributed by atoms with Crippen molar-refractivity contribution in [2.45, 2.75) is 6.92 Å². The summed E-state index contributed by atoms with van der Waals surface area (Å²) in [4.78, 5) is 12.9. The third-order valence-electron chi connectivity index (χ3n) is 2.51. The number of hydrogen-bond donors (Lipinski definition) is 1. The second-order valence-electron chi connectivity index (χ2n) is 3.74. The Bertz CT molecular complexity index is 560. The van der Waals surface area contributed by atoms with E-state index in [1.165, 1.54) is 11.3 Å². The standard InChI is InChI=1S/C13H13NO2S/c1-8-3-4-10(14)9(7-8)12(15)13-11(16-2)5-6-17-13/h3-7H,14H2,1-2H3. The van der Waals surface area contributed by atoms with Crippen molar-refractivity contribution in [1.82, 2.24) is 0 Å². The molecule has 2 aromatic rings. The van der Waals surface area contributed by atoms with E-state index < -0.39 is 0 Å². The highest BCUT2D eigenvalue weighted by Gasteiger charge is 2.18. The number of benzene rings is 1. The van der Waals surface area contributed by atoms with Gasteiger partial charge in [0.25, 0.3) is 0 Å². The predicted octanol–water partition coefficient (Wildman–Crippen LogP) is 2.88. The first-order chi connectivity index (χ1) is 8.13. The fraction of sp³-hybridized carbons (Fsp3) is 0.154. The molecule has 0 amide bonds. The van der Waals surface area contributed by atoms with E-state index >= 15 is 0 Å². The molecule has 1 aromatic heterocycles. The number of rotatable bonds is 3. The van der Waals surface area contributed by atoms with Gasteiger partial charge in [-0.25, -0.2) is 0 Å². The highest BCUT2D eigenvalue weighted by Crippen LogP contribution is 2.29. The van der Waals surface area contributed by atoms with Gasteiger partial charge in [-0.05, 0) is 30.5 Å². The molecule has 2 N–H and O–H groups in total. The Hall–Kier alpha value is -1.81. The lowest BCUT2D eigenvalue weighted by molar-refractivity contribution is 0.104. The van der Waals surface area contributed by atoms with Gasteiger partial charge in [0.2, 0.25) is 5.78 Å². The van der Waals surface area contributed by atoms with E-state index in [0.29, 0.717) is 21.9 Å². The van der Waals surface area contributed by atoms with E-state index in [1.807, 2.05) is 18.4 Å². The van der Waals surface area contributed by atoms with Crippen LogP contribution in [0.4, 0.5) is 5.69 Å². The smallest absolute Gasteiger partial charge is 0.208 e. The molecular weight excluding hydrogens is 234 g/mol. The number of hydrogen-bond acceptors (Lipinski definition) is 4. The van der Waals surface area contributed by atoms with Crippen LogP contribution in [0.15, 0.2) is 29.6 Å². The molecule has 0 aliphatic heterocycles. The van der Waals surface area contributed by atoms with Crippen LogP contribution >= 0.6 is 11.3 Å². The molecule has 88 valence electrons. The lowest BCUT2D eigenvalue weighted by Crippen LogP contribution is -2.05. The van der Waals surface area contributed by atoms with Crippen LogP contribution in [0.5, 0.6) is 5.75 Å². The minimum atomic E-state index is -0.0851. The van der Waals surface area contributed by atoms with Gasteiger partial charge in [-0.15, -0.1) is 11.3 Å². The first-order valence-electron chi connectivity index (χ1n) is 5.16. The van der Waals surface area contributed by atoms with Crippen molar-refractivity contribution >= 4 is 22.8 Å². The zero-order chi connectivity index (χ0) is 12.4. The van der Waals surface area contributed by atoms with Gasteiger partial charge in [0.1, 0.15) is 10.6 Å². The largest absolute Gasteiger partial charge is 0.495 e. The Labute approximate surface area is 104 Å². The van der Waals surface area contributed by atoms with Crippen molar-refractivity contribution in [1.29, 1.82) is 0 Å². The quantitative estimate of drug-likeness (QED) is 0.670. The summed E-state index contributed by atoms with van der Waals surface area (Å²) >= 11 is 1.36. The van der Waals surface area contributed by atoms with E-state index in [0.717, 1.165) is 5.56 Å². The molecule has 0 aliphatic rings. The normalized spacial score (nSPS) is 10.2. The summed E-state index contributed by atoms with van der Waals surface area (Å²) in [6.07, 6.45) is 0. The molecule has 0 radical (unpaired) electrons. The number of carbonyl (C=O) groups excluding carboxylic acids is 1. The number of thiophene rings is 1. The van der Waals surface area contributed by atoms with Crippen molar-refractivity contribution in [3.8, 4) is 5.75 Å². The number of nitrogen functional groups attached to an aromatic ring is 1. The topological polar surface area (TPSA) is 52.3 Å². The maximum Gasteiger partial charge on any atom is 0.208 e. The summed E-state index contributed by atoms with van der Waals surface area (Å²) in [5.74, 6) is 0.513. The zero-order valence-corrected chi connectivity index (χ0v) is 10.5. The minimum Gasteiger partial charge on any atom is -0.495 e. The van der Waals surface area contributed by atoms with Crippen LogP contribution in [0, 0.1) is 6.92 Å². The van der Waals surface area contributed by atoms with E-state index in [9.17, 15) is 4.79 Å². The monoisotopic (exact) mass is 247 g/mol. The molecule has 0 saturated carbocycles. The summed E-state index contributed by atoms with van der Waals surface area (Å²) in [6, 6.07) is 7.22. The lowest BCUT2D eigenvalue weighted by Gasteiger charge is -2.06. The van der Waals surface area contributed by atoms with E-state index in [1.54, 1.807) is 25.3 Å². The van der Waals surface area contributed by atoms with Gasteiger partial charge in [0.05, 0.1) is 7.11 Å². The first-order valence-corrected chi connectivity index (χ1v) is 6.03. The molecule has 0 atom stereocenters. The molecule has 1 aromatic carbocycles. The summed E-state index contributed by atoms with van der Waals surface area (Å²) in [5.41, 5.74) is 7.87. The molecule has 1 heterocycles. The zero-order valence-electron chi connectivity index (χ0n) is 9.69. The summed E-state index contributed by atoms with van der Waals surface area (Å²) in [6.45, 7) is 1.93. The molecule has 0 fully saturated rings. The van der Waals surface area contributed by atoms with E-state index in [2.05, 4.69) is 0 Å². The summed E-state index contributed by atoms with van der Waals surface area (Å²) in [7, 11) is 1.55. The highest BCUT2D eigenvalue weighted by molar-refractivity contribution is 7.12. The van der Waals surface area contributed by atoms with Gasteiger partial charge in [0, 0.05) is 11.3 Å². The molecule has 0 bridgehead atoms. The third-order valence-corrected chi connectivity index (χ3v) is 3.40. The molecule has 0 unspecified atom stereocenters. The summed E-state index contributed by atoms with van der Waals surface area (Å²) in [5, 5.41) is 1.83. The van der Waals surface area contributed by atoms with Crippen LogP contribution in [0.25, 0.3) is 0 Å². The molecule has 0 aliphatic carbocycles. The number of carbonyl (C=O) groups is 1. The van der Waals surface area contributed by atoms with Crippen LogP contribution in [-0.2, 0) is 0 Å². The first kappa shape index (κ1) is 11.7. The molecule has 3 nitrogen and oxygen atoms in total. The third kappa shape index (κ3) is 2.17. The molecule has 0 saturated heterocycles. The predicted molar refractivity (Wildman–Crippen MR) is 69.9 cm³/mol. The highest BCUT2D eigenvalue weighted by atomic mass is 32.1. The van der Waals surface area contributed by atoms with Gasteiger partial charge in [0.15, 0.2) is 0 Å². The Kier molecular flexibility index (Phi) is 3.15. The molecular formula is C13H13NO2S. The SMILES string of the molecule is COc1ccsc1C(=O)c1cc(C)ccc1N. The van der Waals surface area contributed by atoms with E-state index in [-0.39, 0.29) is 5.78 Å². The second-order valence-corrected chi connectivity index (χ2v) is 4.65. The van der Waals surface area contributed by atoms with Crippen LogP contribution in [0.3, 0.4) is 0 Å². The van der Waals surface area contributed by atoms with Crippen molar-refractivity contribution in [3.63, 3.8) is 0 Å². The van der Waals surface area contributed by atoms with Crippen LogP contribution in [-0.4, -0.2) is 12.9 Å². The second kappa shape index (κ2) is 4.59. The molecule has 17 heavy (non-hydrogen) atoms. The Balaban J connectivity index is 2.47. The number of ketones is 1. The summed E-state index contributed by atoms with van der Waals surface area (Å²) < 4.78 is 5.15. The molecule has 0 spiro atoms. The number of nitrogens with two attached hydrogens (primary N) is 1. The van der Waals surface area contributed by atoms with Gasteiger partial charge in [-0.1, -0.05) is 11.6 Å². The number of aryl methyl sites for hydroxylation is 1. The average Bonchev–Trinajstić information content (AvgIpc) is 2.79. The fourth-order valence-electron chi connectivity index (χ4n) is 1.61. The van der Waals surface area contributed by atoms with Gasteiger partial charge in [-0.3, -0.25) is 4.79 Å².